The fourth-order valence-corrected chi connectivity index (χ4v) is 5.43. The van der Waals surface area contributed by atoms with Crippen molar-refractivity contribution in [2.45, 2.75) is 76.8 Å². The van der Waals surface area contributed by atoms with Gasteiger partial charge in [0, 0.05) is 0 Å². The van der Waals surface area contributed by atoms with Gasteiger partial charge in [0.15, 0.2) is 0 Å². The van der Waals surface area contributed by atoms with Gasteiger partial charge in [-0.25, -0.2) is 0 Å². The molecule has 0 radical (unpaired) electrons. The van der Waals surface area contributed by atoms with Crippen LogP contribution in [0.15, 0.2) is 12.7 Å². The first-order valence-corrected chi connectivity index (χ1v) is 11.5. The average Bonchev–Trinajstić information content (AvgIpc) is 2.30. The zero-order valence-corrected chi connectivity index (χ0v) is 13.8. The first kappa shape index (κ1) is 17.5. The van der Waals surface area contributed by atoms with Crippen LogP contribution < -0.4 is 0 Å². The standard InChI is InChI=1S/C14H28Cl2Si/c1-3-5-7-8-9-10-11-12-14-17(15,16)13-6-4-2/h3H,1,4-14H2,2H3. The predicted molar refractivity (Wildman–Crippen MR) is 84.5 cm³/mol. The maximum Gasteiger partial charge on any atom is 0.251 e. The molecule has 0 heterocycles. The number of hydrogen-bond acceptors (Lipinski definition) is 0. The van der Waals surface area contributed by atoms with E-state index in [1.165, 1.54) is 51.4 Å². The molecule has 0 aliphatic rings. The summed E-state index contributed by atoms with van der Waals surface area (Å²) in [5.74, 6) is 0. The molecule has 0 aromatic carbocycles. The van der Waals surface area contributed by atoms with Gasteiger partial charge in [0.05, 0.1) is 0 Å². The van der Waals surface area contributed by atoms with Crippen LogP contribution in [0.3, 0.4) is 0 Å². The summed E-state index contributed by atoms with van der Waals surface area (Å²) in [6.07, 6.45) is 13.4. The maximum absolute atomic E-state index is 6.39. The van der Waals surface area contributed by atoms with Gasteiger partial charge in [-0.2, -0.15) is 0 Å². The first-order valence-electron chi connectivity index (χ1n) is 7.11. The average molecular weight is 295 g/mol. The van der Waals surface area contributed by atoms with Crippen molar-refractivity contribution in [1.29, 1.82) is 0 Å². The van der Waals surface area contributed by atoms with Crippen molar-refractivity contribution in [3.05, 3.63) is 12.7 Å². The number of unbranched alkanes of at least 4 members (excludes halogenated alkanes) is 7. The van der Waals surface area contributed by atoms with Crippen LogP contribution in [-0.4, -0.2) is 6.69 Å². The second-order valence-electron chi connectivity index (χ2n) is 4.91. The number of rotatable bonds is 12. The molecule has 0 rings (SSSR count). The van der Waals surface area contributed by atoms with Crippen molar-refractivity contribution in [3.63, 3.8) is 0 Å². The zero-order chi connectivity index (χ0) is 13.0. The lowest BCUT2D eigenvalue weighted by molar-refractivity contribution is 0.610. The van der Waals surface area contributed by atoms with Crippen molar-refractivity contribution in [1.82, 2.24) is 0 Å². The molecule has 0 saturated carbocycles. The normalized spacial score (nSPS) is 11.7. The Bertz CT molecular complexity index is 181. The summed E-state index contributed by atoms with van der Waals surface area (Å²) in [5, 5.41) is 0. The Morgan fingerprint density at radius 1 is 0.882 bits per heavy atom. The summed E-state index contributed by atoms with van der Waals surface area (Å²) in [5.41, 5.74) is 0. The second kappa shape index (κ2) is 11.6. The lowest BCUT2D eigenvalue weighted by Crippen LogP contribution is -2.17. The van der Waals surface area contributed by atoms with E-state index in [4.69, 9.17) is 22.2 Å². The monoisotopic (exact) mass is 294 g/mol. The van der Waals surface area contributed by atoms with Crippen LogP contribution in [0.1, 0.15) is 64.7 Å². The van der Waals surface area contributed by atoms with Crippen LogP contribution in [0.5, 0.6) is 0 Å². The van der Waals surface area contributed by atoms with Gasteiger partial charge in [-0.05, 0) is 24.9 Å². The van der Waals surface area contributed by atoms with E-state index < -0.39 is 6.69 Å². The van der Waals surface area contributed by atoms with E-state index in [1.807, 2.05) is 6.08 Å². The molecule has 0 aromatic rings. The highest BCUT2D eigenvalue weighted by molar-refractivity contribution is 7.45. The highest BCUT2D eigenvalue weighted by Gasteiger charge is 2.26. The van der Waals surface area contributed by atoms with Crippen molar-refractivity contribution < 1.29 is 0 Å². The Hall–Kier alpha value is 0.537. The molecule has 0 fully saturated rings. The molecule has 0 aromatic heterocycles. The molecule has 0 unspecified atom stereocenters. The zero-order valence-electron chi connectivity index (χ0n) is 11.3. The van der Waals surface area contributed by atoms with E-state index in [0.29, 0.717) is 0 Å². The molecule has 0 aliphatic carbocycles. The van der Waals surface area contributed by atoms with Crippen LogP contribution in [0, 0.1) is 0 Å². The third-order valence-corrected chi connectivity index (χ3v) is 7.53. The molecule has 0 N–H and O–H groups in total. The van der Waals surface area contributed by atoms with E-state index in [2.05, 4.69) is 13.5 Å². The Labute approximate surface area is 118 Å². The van der Waals surface area contributed by atoms with Crippen LogP contribution in [0.2, 0.25) is 12.1 Å². The molecule has 17 heavy (non-hydrogen) atoms. The molecule has 3 heteroatoms. The molecule has 0 spiro atoms. The molecule has 0 saturated heterocycles. The molecular weight excluding hydrogens is 267 g/mol. The second-order valence-corrected chi connectivity index (χ2v) is 12.5. The Kier molecular flexibility index (Phi) is 12.0. The van der Waals surface area contributed by atoms with Crippen LogP contribution >= 0.6 is 22.2 Å². The van der Waals surface area contributed by atoms with Crippen molar-refractivity contribution in [2.75, 3.05) is 0 Å². The maximum atomic E-state index is 6.39. The Balaban J connectivity index is 3.28. The first-order chi connectivity index (χ1) is 8.12. The topological polar surface area (TPSA) is 0 Å². The molecule has 0 amide bonds. The lowest BCUT2D eigenvalue weighted by atomic mass is 10.1. The third-order valence-electron chi connectivity index (χ3n) is 3.10. The van der Waals surface area contributed by atoms with E-state index in [9.17, 15) is 0 Å². The van der Waals surface area contributed by atoms with Gasteiger partial charge in [-0.3, -0.25) is 0 Å². The summed E-state index contributed by atoms with van der Waals surface area (Å²) >= 11 is 12.8. The Morgan fingerprint density at radius 3 is 2.00 bits per heavy atom. The summed E-state index contributed by atoms with van der Waals surface area (Å²) in [7, 11) is 0. The number of halogens is 2. The van der Waals surface area contributed by atoms with Crippen molar-refractivity contribution in [2.24, 2.45) is 0 Å². The molecule has 0 aliphatic heterocycles. The van der Waals surface area contributed by atoms with Gasteiger partial charge in [-0.1, -0.05) is 57.9 Å². The van der Waals surface area contributed by atoms with Crippen LogP contribution in [-0.2, 0) is 0 Å². The minimum Gasteiger partial charge on any atom is -0.146 e. The van der Waals surface area contributed by atoms with Crippen molar-refractivity contribution >= 4 is 28.9 Å². The lowest BCUT2D eigenvalue weighted by Gasteiger charge is -2.15. The number of allylic oxidation sites excluding steroid dienone is 1. The van der Waals surface area contributed by atoms with Gasteiger partial charge in [0.25, 0.3) is 6.69 Å². The van der Waals surface area contributed by atoms with Gasteiger partial charge in [0.1, 0.15) is 0 Å². The van der Waals surface area contributed by atoms with Gasteiger partial charge >= 0.3 is 0 Å². The Morgan fingerprint density at radius 2 is 1.41 bits per heavy atom. The van der Waals surface area contributed by atoms with Crippen LogP contribution in [0.25, 0.3) is 0 Å². The molecular formula is C14H28Cl2Si. The highest BCUT2D eigenvalue weighted by atomic mass is 35.7. The minimum atomic E-state index is -1.87. The fraction of sp³-hybridized carbons (Fsp3) is 0.857. The molecule has 0 atom stereocenters. The van der Waals surface area contributed by atoms with Gasteiger partial charge in [-0.15, -0.1) is 28.7 Å². The third kappa shape index (κ3) is 12.8. The largest absolute Gasteiger partial charge is 0.251 e. The quantitative estimate of drug-likeness (QED) is 0.164. The summed E-state index contributed by atoms with van der Waals surface area (Å²) in [6, 6.07) is 2.16. The van der Waals surface area contributed by atoms with Gasteiger partial charge in [0.2, 0.25) is 0 Å². The summed E-state index contributed by atoms with van der Waals surface area (Å²) < 4.78 is 0. The van der Waals surface area contributed by atoms with E-state index >= 15 is 0 Å². The smallest absolute Gasteiger partial charge is 0.146 e. The predicted octanol–water partition coefficient (Wildman–Crippen LogP) is 6.62. The SMILES string of the molecule is C=CCCCCCCCC[Si](Cl)(Cl)CCCC. The molecule has 0 nitrogen and oxygen atoms in total. The van der Waals surface area contributed by atoms with E-state index in [0.717, 1.165) is 18.5 Å². The van der Waals surface area contributed by atoms with Crippen molar-refractivity contribution in [3.8, 4) is 0 Å². The summed E-state index contributed by atoms with van der Waals surface area (Å²) in [6.45, 7) is 4.06. The fourth-order valence-electron chi connectivity index (χ4n) is 1.94. The number of hydrogen-bond donors (Lipinski definition) is 0. The minimum absolute atomic E-state index is 1.08. The summed E-state index contributed by atoms with van der Waals surface area (Å²) in [4.78, 5) is 0. The molecule has 102 valence electrons. The van der Waals surface area contributed by atoms with E-state index in [1.54, 1.807) is 0 Å². The van der Waals surface area contributed by atoms with Crippen LogP contribution in [0.4, 0.5) is 0 Å². The van der Waals surface area contributed by atoms with Gasteiger partial charge < -0.3 is 0 Å². The highest BCUT2D eigenvalue weighted by Crippen LogP contribution is 2.30. The van der Waals surface area contributed by atoms with E-state index in [-0.39, 0.29) is 0 Å². The molecule has 0 bridgehead atoms.